The van der Waals surface area contributed by atoms with Crippen LogP contribution >= 0.6 is 0 Å². The molecule has 0 saturated heterocycles. The highest BCUT2D eigenvalue weighted by atomic mass is 15.1. The molecule has 8 aromatic carbocycles. The van der Waals surface area contributed by atoms with Crippen LogP contribution in [0.25, 0.3) is 60.5 Å². The lowest BCUT2D eigenvalue weighted by molar-refractivity contribution is 0.660. The highest BCUT2D eigenvalue weighted by Crippen LogP contribution is 2.53. The first kappa shape index (κ1) is 29.5. The van der Waals surface area contributed by atoms with Gasteiger partial charge in [0.1, 0.15) is 0 Å². The summed E-state index contributed by atoms with van der Waals surface area (Å²) >= 11 is 0. The Labute approximate surface area is 298 Å². The summed E-state index contributed by atoms with van der Waals surface area (Å²) in [6.07, 6.45) is 0. The largest absolute Gasteiger partial charge is 0.310 e. The maximum absolute atomic E-state index is 2.43. The summed E-state index contributed by atoms with van der Waals surface area (Å²) in [5, 5.41) is 4.99. The Morgan fingerprint density at radius 1 is 0.431 bits per heavy atom. The van der Waals surface area contributed by atoms with Gasteiger partial charge in [-0.15, -0.1) is 0 Å². The van der Waals surface area contributed by atoms with Gasteiger partial charge in [-0.3, -0.25) is 0 Å². The van der Waals surface area contributed by atoms with Crippen LogP contribution in [-0.2, 0) is 5.41 Å². The van der Waals surface area contributed by atoms with Crippen molar-refractivity contribution in [2.45, 2.75) is 19.3 Å². The molecule has 51 heavy (non-hydrogen) atoms. The summed E-state index contributed by atoms with van der Waals surface area (Å²) in [5.74, 6) is 0. The third kappa shape index (κ3) is 4.50. The van der Waals surface area contributed by atoms with Crippen molar-refractivity contribution in [3.05, 3.63) is 193 Å². The molecule has 2 heteroatoms. The molecule has 242 valence electrons. The number of rotatable bonds is 5. The SMILES string of the molecule is CC1(C)c2ccccc2-c2c(-c3ccccc3N(c3ccc(-n4c5ccccc5c5ccccc54)cc3)c3ccc4ccccc4c3)cccc21. The minimum atomic E-state index is -0.0719. The van der Waals surface area contributed by atoms with E-state index in [9.17, 15) is 0 Å². The Hall–Kier alpha value is -6.38. The monoisotopic (exact) mass is 652 g/mol. The van der Waals surface area contributed by atoms with E-state index in [1.54, 1.807) is 0 Å². The molecule has 0 bridgehead atoms. The smallest absolute Gasteiger partial charge is 0.0541 e. The number of hydrogen-bond acceptors (Lipinski definition) is 1. The van der Waals surface area contributed by atoms with E-state index in [0.29, 0.717) is 0 Å². The van der Waals surface area contributed by atoms with Gasteiger partial charge in [0.2, 0.25) is 0 Å². The van der Waals surface area contributed by atoms with E-state index in [0.717, 1.165) is 22.7 Å². The quantitative estimate of drug-likeness (QED) is 0.180. The third-order valence-corrected chi connectivity index (χ3v) is 11.0. The van der Waals surface area contributed by atoms with E-state index in [1.165, 1.54) is 66.0 Å². The van der Waals surface area contributed by atoms with Crippen LogP contribution in [0.15, 0.2) is 182 Å². The number of aromatic nitrogens is 1. The first-order valence-electron chi connectivity index (χ1n) is 17.8. The summed E-state index contributed by atoms with van der Waals surface area (Å²) < 4.78 is 2.38. The first-order chi connectivity index (χ1) is 25.1. The van der Waals surface area contributed by atoms with Gasteiger partial charge in [0.05, 0.1) is 16.7 Å². The Morgan fingerprint density at radius 3 is 1.76 bits per heavy atom. The Morgan fingerprint density at radius 2 is 1.00 bits per heavy atom. The molecule has 0 atom stereocenters. The van der Waals surface area contributed by atoms with Crippen molar-refractivity contribution in [1.82, 2.24) is 4.57 Å². The zero-order valence-corrected chi connectivity index (χ0v) is 28.7. The molecule has 0 saturated carbocycles. The maximum atomic E-state index is 2.43. The lowest BCUT2D eigenvalue weighted by Crippen LogP contribution is -2.15. The van der Waals surface area contributed by atoms with Gasteiger partial charge in [-0.2, -0.15) is 0 Å². The van der Waals surface area contributed by atoms with E-state index in [-0.39, 0.29) is 5.41 Å². The van der Waals surface area contributed by atoms with Crippen LogP contribution in [-0.4, -0.2) is 4.57 Å². The number of hydrogen-bond donors (Lipinski definition) is 0. The van der Waals surface area contributed by atoms with Crippen LogP contribution in [0.3, 0.4) is 0 Å². The van der Waals surface area contributed by atoms with E-state index in [4.69, 9.17) is 0 Å². The zero-order valence-electron chi connectivity index (χ0n) is 28.7. The summed E-state index contributed by atoms with van der Waals surface area (Å²) in [7, 11) is 0. The molecule has 0 N–H and O–H groups in total. The molecule has 0 aliphatic heterocycles. The molecule has 0 fully saturated rings. The molecular weight excluding hydrogens is 617 g/mol. The molecule has 0 amide bonds. The molecule has 0 spiro atoms. The second kappa shape index (κ2) is 11.3. The van der Waals surface area contributed by atoms with Crippen LogP contribution in [0, 0.1) is 0 Å². The molecule has 1 aliphatic carbocycles. The van der Waals surface area contributed by atoms with Gasteiger partial charge in [0, 0.05) is 38.8 Å². The number of fused-ring (bicyclic) bond motifs is 7. The van der Waals surface area contributed by atoms with Crippen LogP contribution in [0.4, 0.5) is 17.1 Å². The predicted octanol–water partition coefficient (Wildman–Crippen LogP) is 13.4. The van der Waals surface area contributed by atoms with Crippen molar-refractivity contribution >= 4 is 49.6 Å². The number of anilines is 3. The average molecular weight is 653 g/mol. The molecule has 0 unspecified atom stereocenters. The lowest BCUT2D eigenvalue weighted by Gasteiger charge is -2.29. The number of benzene rings is 8. The predicted molar refractivity (Wildman–Crippen MR) is 216 cm³/mol. The fourth-order valence-electron chi connectivity index (χ4n) is 8.57. The molecule has 10 rings (SSSR count). The van der Waals surface area contributed by atoms with E-state index >= 15 is 0 Å². The van der Waals surface area contributed by atoms with Crippen molar-refractivity contribution in [2.75, 3.05) is 4.90 Å². The minimum absolute atomic E-state index is 0.0719. The van der Waals surface area contributed by atoms with Gasteiger partial charge in [-0.1, -0.05) is 141 Å². The number of nitrogens with zero attached hydrogens (tertiary/aromatic N) is 2. The van der Waals surface area contributed by atoms with Crippen LogP contribution < -0.4 is 4.90 Å². The van der Waals surface area contributed by atoms with Gasteiger partial charge in [0.15, 0.2) is 0 Å². The van der Waals surface area contributed by atoms with Crippen LogP contribution in [0.1, 0.15) is 25.0 Å². The Bertz CT molecular complexity index is 2730. The molecule has 0 radical (unpaired) electrons. The van der Waals surface area contributed by atoms with Crippen LogP contribution in [0.2, 0.25) is 0 Å². The molecule has 2 nitrogen and oxygen atoms in total. The maximum Gasteiger partial charge on any atom is 0.0541 e. The van der Waals surface area contributed by atoms with Gasteiger partial charge in [-0.25, -0.2) is 0 Å². The van der Waals surface area contributed by atoms with Crippen molar-refractivity contribution in [3.8, 4) is 27.9 Å². The molecule has 1 heterocycles. The first-order valence-corrected chi connectivity index (χ1v) is 17.8. The Kier molecular flexibility index (Phi) is 6.56. The highest BCUT2D eigenvalue weighted by molar-refractivity contribution is 6.09. The van der Waals surface area contributed by atoms with Gasteiger partial charge in [0.25, 0.3) is 0 Å². The minimum Gasteiger partial charge on any atom is -0.310 e. The summed E-state index contributed by atoms with van der Waals surface area (Å²) in [6.45, 7) is 4.71. The van der Waals surface area contributed by atoms with Gasteiger partial charge >= 0.3 is 0 Å². The fraction of sp³-hybridized carbons (Fsp3) is 0.0612. The highest BCUT2D eigenvalue weighted by Gasteiger charge is 2.37. The second-order valence-corrected chi connectivity index (χ2v) is 14.2. The topological polar surface area (TPSA) is 8.17 Å². The van der Waals surface area contributed by atoms with E-state index in [1.807, 2.05) is 0 Å². The van der Waals surface area contributed by atoms with Crippen molar-refractivity contribution in [2.24, 2.45) is 0 Å². The van der Waals surface area contributed by atoms with Gasteiger partial charge < -0.3 is 9.47 Å². The third-order valence-electron chi connectivity index (χ3n) is 11.0. The van der Waals surface area contributed by atoms with Crippen molar-refractivity contribution < 1.29 is 0 Å². The summed E-state index contributed by atoms with van der Waals surface area (Å²) in [4.78, 5) is 2.43. The number of para-hydroxylation sites is 3. The van der Waals surface area contributed by atoms with E-state index < -0.39 is 0 Å². The normalized spacial score (nSPS) is 13.1. The Balaban J connectivity index is 1.18. The van der Waals surface area contributed by atoms with Crippen molar-refractivity contribution in [1.29, 1.82) is 0 Å². The molecule has 9 aromatic rings. The summed E-state index contributed by atoms with van der Waals surface area (Å²) in [5.41, 5.74) is 14.8. The van der Waals surface area contributed by atoms with Crippen molar-refractivity contribution in [3.63, 3.8) is 0 Å². The van der Waals surface area contributed by atoms with Crippen LogP contribution in [0.5, 0.6) is 0 Å². The lowest BCUT2D eigenvalue weighted by atomic mass is 9.82. The molecule has 1 aromatic heterocycles. The molecular formula is C49H36N2. The standard InChI is InChI=1S/C49H36N2/c1-49(2)43-21-9-5-19-42(43)48-41(20-13-22-44(48)49)40-18-8-10-23-45(40)50(37-27-26-33-14-3-4-15-34(33)32-37)35-28-30-36(31-29-35)51-46-24-11-6-16-38(46)39-17-7-12-25-47(39)51/h3-32H,1-2H3. The fourth-order valence-corrected chi connectivity index (χ4v) is 8.57. The average Bonchev–Trinajstić information content (AvgIpc) is 3.64. The molecule has 1 aliphatic rings. The zero-order chi connectivity index (χ0) is 34.1. The van der Waals surface area contributed by atoms with E-state index in [2.05, 4.69) is 205 Å². The summed E-state index contributed by atoms with van der Waals surface area (Å²) in [6, 6.07) is 66.6. The second-order valence-electron chi connectivity index (χ2n) is 14.2. The van der Waals surface area contributed by atoms with Gasteiger partial charge in [-0.05, 0) is 93.2 Å².